The molecule has 1 aliphatic heterocycles. The van der Waals surface area contributed by atoms with Crippen LogP contribution in [0.4, 0.5) is 0 Å². The molecule has 1 unspecified atom stereocenters. The standard InChI is InChI=1S/C10H14N2O2/c1-7-5-9(14-11-7)6-8-3-4-12(2)10(8)13/h5,8H,3-4,6H2,1-2H3. The van der Waals surface area contributed by atoms with E-state index in [-0.39, 0.29) is 11.8 Å². The summed E-state index contributed by atoms with van der Waals surface area (Å²) in [4.78, 5) is 13.4. The van der Waals surface area contributed by atoms with Gasteiger partial charge in [0, 0.05) is 32.0 Å². The molecule has 1 fully saturated rings. The lowest BCUT2D eigenvalue weighted by molar-refractivity contribution is -0.129. The van der Waals surface area contributed by atoms with Crippen molar-refractivity contribution in [2.45, 2.75) is 19.8 Å². The van der Waals surface area contributed by atoms with E-state index in [9.17, 15) is 4.79 Å². The van der Waals surface area contributed by atoms with Gasteiger partial charge in [0.1, 0.15) is 5.76 Å². The largest absolute Gasteiger partial charge is 0.361 e. The molecule has 0 spiro atoms. The van der Waals surface area contributed by atoms with E-state index in [1.807, 2.05) is 20.0 Å². The molecule has 0 aromatic carbocycles. The number of rotatable bonds is 2. The van der Waals surface area contributed by atoms with Crippen molar-refractivity contribution in [2.24, 2.45) is 5.92 Å². The van der Waals surface area contributed by atoms with Crippen LogP contribution >= 0.6 is 0 Å². The summed E-state index contributed by atoms with van der Waals surface area (Å²) in [5.41, 5.74) is 0.874. The summed E-state index contributed by atoms with van der Waals surface area (Å²) in [7, 11) is 1.84. The maximum absolute atomic E-state index is 11.6. The first-order valence-electron chi connectivity index (χ1n) is 4.84. The first-order chi connectivity index (χ1) is 6.66. The highest BCUT2D eigenvalue weighted by Crippen LogP contribution is 2.21. The van der Waals surface area contributed by atoms with Gasteiger partial charge in [-0.15, -0.1) is 0 Å². The molecule has 2 heterocycles. The van der Waals surface area contributed by atoms with Gasteiger partial charge in [-0.25, -0.2) is 0 Å². The summed E-state index contributed by atoms with van der Waals surface area (Å²) in [5, 5.41) is 3.80. The molecule has 1 amide bonds. The highest BCUT2D eigenvalue weighted by Gasteiger charge is 2.29. The molecule has 1 aromatic heterocycles. The van der Waals surface area contributed by atoms with Crippen LogP contribution < -0.4 is 0 Å². The van der Waals surface area contributed by atoms with Crippen molar-refractivity contribution >= 4 is 5.91 Å². The van der Waals surface area contributed by atoms with Gasteiger partial charge in [-0.3, -0.25) is 4.79 Å². The predicted molar refractivity (Wildman–Crippen MR) is 50.7 cm³/mol. The average molecular weight is 194 g/mol. The fourth-order valence-electron chi connectivity index (χ4n) is 1.84. The van der Waals surface area contributed by atoms with E-state index in [0.717, 1.165) is 24.4 Å². The Morgan fingerprint density at radius 2 is 2.50 bits per heavy atom. The third-order valence-electron chi connectivity index (χ3n) is 2.66. The van der Waals surface area contributed by atoms with Crippen LogP contribution in [0, 0.1) is 12.8 Å². The van der Waals surface area contributed by atoms with Gasteiger partial charge in [-0.2, -0.15) is 0 Å². The van der Waals surface area contributed by atoms with Gasteiger partial charge in [0.2, 0.25) is 5.91 Å². The number of carbonyl (C=O) groups excluding carboxylic acids is 1. The molecule has 14 heavy (non-hydrogen) atoms. The van der Waals surface area contributed by atoms with Gasteiger partial charge in [-0.1, -0.05) is 5.16 Å². The van der Waals surface area contributed by atoms with Crippen LogP contribution in [0.2, 0.25) is 0 Å². The molecule has 0 N–H and O–H groups in total. The third-order valence-corrected chi connectivity index (χ3v) is 2.66. The maximum atomic E-state index is 11.6. The minimum Gasteiger partial charge on any atom is -0.361 e. The second-order valence-corrected chi connectivity index (χ2v) is 3.88. The van der Waals surface area contributed by atoms with E-state index in [2.05, 4.69) is 5.16 Å². The van der Waals surface area contributed by atoms with Crippen molar-refractivity contribution in [3.63, 3.8) is 0 Å². The molecular weight excluding hydrogens is 180 g/mol. The summed E-state index contributed by atoms with van der Waals surface area (Å²) in [6.45, 7) is 2.74. The molecule has 1 saturated heterocycles. The Kier molecular flexibility index (Phi) is 2.27. The van der Waals surface area contributed by atoms with Crippen molar-refractivity contribution in [3.8, 4) is 0 Å². The topological polar surface area (TPSA) is 46.3 Å². The fraction of sp³-hybridized carbons (Fsp3) is 0.600. The third kappa shape index (κ3) is 1.64. The fourth-order valence-corrected chi connectivity index (χ4v) is 1.84. The molecule has 0 saturated carbocycles. The van der Waals surface area contributed by atoms with Gasteiger partial charge < -0.3 is 9.42 Å². The number of nitrogens with zero attached hydrogens (tertiary/aromatic N) is 2. The van der Waals surface area contributed by atoms with Crippen molar-refractivity contribution < 1.29 is 9.32 Å². The number of carbonyl (C=O) groups is 1. The minimum atomic E-state index is 0.0901. The van der Waals surface area contributed by atoms with Gasteiger partial charge in [-0.05, 0) is 13.3 Å². The highest BCUT2D eigenvalue weighted by molar-refractivity contribution is 5.80. The van der Waals surface area contributed by atoms with Crippen molar-refractivity contribution in [1.82, 2.24) is 10.1 Å². The van der Waals surface area contributed by atoms with E-state index in [0.29, 0.717) is 6.42 Å². The average Bonchev–Trinajstić information content (AvgIpc) is 2.67. The van der Waals surface area contributed by atoms with Gasteiger partial charge in [0.05, 0.1) is 5.69 Å². The zero-order valence-corrected chi connectivity index (χ0v) is 8.49. The molecular formula is C10H14N2O2. The summed E-state index contributed by atoms with van der Waals surface area (Å²) in [5.74, 6) is 1.13. The second-order valence-electron chi connectivity index (χ2n) is 3.88. The number of aromatic nitrogens is 1. The second kappa shape index (κ2) is 3.44. The SMILES string of the molecule is Cc1cc(CC2CCN(C)C2=O)on1. The van der Waals surface area contributed by atoms with Gasteiger partial charge in [0.15, 0.2) is 0 Å². The number of hydrogen-bond acceptors (Lipinski definition) is 3. The Bertz CT molecular complexity index is 346. The molecule has 4 nitrogen and oxygen atoms in total. The Hall–Kier alpha value is -1.32. The summed E-state index contributed by atoms with van der Waals surface area (Å²) < 4.78 is 5.09. The molecule has 76 valence electrons. The molecule has 1 atom stereocenters. The lowest BCUT2D eigenvalue weighted by atomic mass is 10.0. The highest BCUT2D eigenvalue weighted by atomic mass is 16.5. The van der Waals surface area contributed by atoms with Gasteiger partial charge in [0.25, 0.3) is 0 Å². The van der Waals surface area contributed by atoms with E-state index >= 15 is 0 Å². The molecule has 1 aromatic rings. The first kappa shape index (κ1) is 9.24. The lowest BCUT2D eigenvalue weighted by Gasteiger charge is -2.08. The normalized spacial score (nSPS) is 22.0. The molecule has 2 rings (SSSR count). The Balaban J connectivity index is 2.02. The smallest absolute Gasteiger partial charge is 0.225 e. The maximum Gasteiger partial charge on any atom is 0.225 e. The Labute approximate surface area is 82.9 Å². The Morgan fingerprint density at radius 1 is 1.71 bits per heavy atom. The number of amides is 1. The van der Waals surface area contributed by atoms with Crippen LogP contribution in [0.15, 0.2) is 10.6 Å². The monoisotopic (exact) mass is 194 g/mol. The zero-order chi connectivity index (χ0) is 10.1. The summed E-state index contributed by atoms with van der Waals surface area (Å²) >= 11 is 0. The number of hydrogen-bond donors (Lipinski definition) is 0. The summed E-state index contributed by atoms with van der Waals surface area (Å²) in [6, 6.07) is 1.89. The van der Waals surface area contributed by atoms with E-state index in [1.165, 1.54) is 0 Å². The first-order valence-corrected chi connectivity index (χ1v) is 4.84. The summed E-state index contributed by atoms with van der Waals surface area (Å²) in [6.07, 6.45) is 1.61. The van der Waals surface area contributed by atoms with Crippen LogP contribution in [0.25, 0.3) is 0 Å². The predicted octanol–water partition coefficient (Wildman–Crippen LogP) is 1.00. The van der Waals surface area contributed by atoms with E-state index in [1.54, 1.807) is 4.90 Å². The quantitative estimate of drug-likeness (QED) is 0.705. The zero-order valence-electron chi connectivity index (χ0n) is 8.49. The minimum absolute atomic E-state index is 0.0901. The van der Waals surface area contributed by atoms with Gasteiger partial charge >= 0.3 is 0 Å². The van der Waals surface area contributed by atoms with Crippen LogP contribution in [0.3, 0.4) is 0 Å². The Morgan fingerprint density at radius 3 is 3.00 bits per heavy atom. The van der Waals surface area contributed by atoms with E-state index < -0.39 is 0 Å². The van der Waals surface area contributed by atoms with Crippen LogP contribution in [-0.4, -0.2) is 29.6 Å². The molecule has 0 aliphatic carbocycles. The molecule has 1 aliphatic rings. The van der Waals surface area contributed by atoms with Crippen LogP contribution in [-0.2, 0) is 11.2 Å². The molecule has 0 radical (unpaired) electrons. The van der Waals surface area contributed by atoms with Crippen molar-refractivity contribution in [2.75, 3.05) is 13.6 Å². The molecule has 0 bridgehead atoms. The van der Waals surface area contributed by atoms with Crippen molar-refractivity contribution in [1.29, 1.82) is 0 Å². The number of likely N-dealkylation sites (tertiary alicyclic amines) is 1. The molecule has 4 heteroatoms. The van der Waals surface area contributed by atoms with Crippen LogP contribution in [0.1, 0.15) is 17.9 Å². The van der Waals surface area contributed by atoms with E-state index in [4.69, 9.17) is 4.52 Å². The van der Waals surface area contributed by atoms with Crippen LogP contribution in [0.5, 0.6) is 0 Å². The number of aryl methyl sites for hydroxylation is 1. The van der Waals surface area contributed by atoms with Crippen molar-refractivity contribution in [3.05, 3.63) is 17.5 Å². The lowest BCUT2D eigenvalue weighted by Crippen LogP contribution is -2.23.